The molecule has 0 saturated carbocycles. The van der Waals surface area contributed by atoms with Crippen molar-refractivity contribution >= 4 is 61.9 Å². The van der Waals surface area contributed by atoms with Crippen LogP contribution in [0.25, 0.3) is 10.2 Å². The molecule has 1 aliphatic rings. The molecule has 0 bridgehead atoms. The second-order valence-electron chi connectivity index (χ2n) is 7.88. The van der Waals surface area contributed by atoms with Crippen molar-refractivity contribution < 1.29 is 28.2 Å². The minimum Gasteiger partial charge on any atom is -0.483 e. The fourth-order valence-electron chi connectivity index (χ4n) is 3.70. The number of rotatable bonds is 6. The Hall–Kier alpha value is -2.73. The van der Waals surface area contributed by atoms with Crippen molar-refractivity contribution in [1.82, 2.24) is 14.8 Å². The predicted octanol–water partition coefficient (Wildman–Crippen LogP) is 5.26. The highest BCUT2D eigenvalue weighted by Gasteiger charge is 2.23. The van der Waals surface area contributed by atoms with Gasteiger partial charge in [0.2, 0.25) is 5.91 Å². The number of nitrogens with zero attached hydrogens (tertiary/aromatic N) is 3. The van der Waals surface area contributed by atoms with Crippen molar-refractivity contribution in [2.75, 3.05) is 38.0 Å². The van der Waals surface area contributed by atoms with Gasteiger partial charge in [0.05, 0.1) is 21.8 Å². The van der Waals surface area contributed by atoms with Gasteiger partial charge in [0.15, 0.2) is 16.7 Å². The van der Waals surface area contributed by atoms with E-state index in [1.165, 1.54) is 23.1 Å². The molecule has 2 N–H and O–H groups in total. The number of hydrogen-bond donors (Lipinski definition) is 2. The van der Waals surface area contributed by atoms with Gasteiger partial charge in [-0.25, -0.2) is 18.6 Å². The maximum Gasteiger partial charge on any atom is 0.407 e. The van der Waals surface area contributed by atoms with E-state index < -0.39 is 23.8 Å². The van der Waals surface area contributed by atoms with Crippen LogP contribution in [0.5, 0.6) is 5.75 Å². The molecule has 2 amide bonds. The molecule has 2 aromatic carbocycles. The van der Waals surface area contributed by atoms with Crippen molar-refractivity contribution in [2.24, 2.45) is 0 Å². The fourth-order valence-corrected chi connectivity index (χ4v) is 5.27. The molecular formula is C22H20Cl2F2N4O4S. The summed E-state index contributed by atoms with van der Waals surface area (Å²) in [6.07, 6.45) is -1.82. The highest BCUT2D eigenvalue weighted by atomic mass is 35.5. The van der Waals surface area contributed by atoms with Crippen molar-refractivity contribution in [3.05, 3.63) is 51.5 Å². The number of fused-ring (bicyclic) bond motifs is 1. The number of amides is 2. The summed E-state index contributed by atoms with van der Waals surface area (Å²) in [5, 5.41) is 12.0. The average Bonchev–Trinajstić information content (AvgIpc) is 3.17. The van der Waals surface area contributed by atoms with Crippen molar-refractivity contribution in [2.45, 2.75) is 13.0 Å². The van der Waals surface area contributed by atoms with Crippen molar-refractivity contribution in [3.8, 4) is 5.75 Å². The van der Waals surface area contributed by atoms with Gasteiger partial charge < -0.3 is 20.1 Å². The number of ether oxygens (including phenoxy) is 1. The van der Waals surface area contributed by atoms with Crippen LogP contribution in [-0.2, 0) is 4.79 Å². The van der Waals surface area contributed by atoms with E-state index in [-0.39, 0.29) is 38.9 Å². The normalized spacial score (nSPS) is 15.3. The Kier molecular flexibility index (Phi) is 7.60. The summed E-state index contributed by atoms with van der Waals surface area (Å²) in [7, 11) is 0. The third-order valence-corrected chi connectivity index (χ3v) is 7.14. The molecule has 1 saturated heterocycles. The van der Waals surface area contributed by atoms with E-state index in [4.69, 9.17) is 33.0 Å². The summed E-state index contributed by atoms with van der Waals surface area (Å²) in [4.78, 5) is 30.8. The second kappa shape index (κ2) is 10.5. The summed E-state index contributed by atoms with van der Waals surface area (Å²) < 4.78 is 34.8. The number of nitrogens with one attached hydrogen (secondary N) is 1. The van der Waals surface area contributed by atoms with Crippen LogP contribution in [-0.4, -0.2) is 64.6 Å². The second-order valence-corrected chi connectivity index (χ2v) is 9.70. The van der Waals surface area contributed by atoms with E-state index >= 15 is 0 Å². The number of anilines is 1. The zero-order valence-electron chi connectivity index (χ0n) is 18.4. The number of aromatic nitrogens is 1. The fraction of sp³-hybridized carbons (Fsp3) is 0.318. The van der Waals surface area contributed by atoms with E-state index in [1.807, 2.05) is 4.90 Å². The first kappa shape index (κ1) is 25.4. The van der Waals surface area contributed by atoms with Gasteiger partial charge in [0, 0.05) is 48.9 Å². The Morgan fingerprint density at radius 3 is 2.60 bits per heavy atom. The number of hydrogen-bond acceptors (Lipinski definition) is 6. The number of thiazole rings is 1. The molecule has 8 nitrogen and oxygen atoms in total. The van der Waals surface area contributed by atoms with Crippen LogP contribution in [0, 0.1) is 11.6 Å². The summed E-state index contributed by atoms with van der Waals surface area (Å²) >= 11 is 13.3. The lowest BCUT2D eigenvalue weighted by atomic mass is 10.1. The average molecular weight is 545 g/mol. The standard InChI is InChI=1S/C22H20Cl2F2N4O4S/c1-11(19-12(23)2-3-13(25)20(19)24)34-16-9-17-15(8-14(16)26)27-21(35-17)28-18(31)10-29-4-6-30(7-5-29)22(32)33/h2-3,8-9,11H,4-7,10H2,1H3,(H,32,33)(H,27,28,31). The van der Waals surface area contributed by atoms with Gasteiger partial charge in [-0.3, -0.25) is 9.69 Å². The molecule has 1 fully saturated rings. The molecule has 0 spiro atoms. The molecule has 1 aliphatic heterocycles. The molecule has 0 radical (unpaired) electrons. The first-order valence-corrected chi connectivity index (χ1v) is 12.1. The van der Waals surface area contributed by atoms with Crippen LogP contribution in [0.15, 0.2) is 24.3 Å². The summed E-state index contributed by atoms with van der Waals surface area (Å²) in [6, 6.07) is 5.11. The van der Waals surface area contributed by atoms with Crippen LogP contribution in [0.2, 0.25) is 10.0 Å². The molecule has 186 valence electrons. The number of carboxylic acid groups (broad SMARTS) is 1. The monoisotopic (exact) mass is 544 g/mol. The lowest BCUT2D eigenvalue weighted by molar-refractivity contribution is -0.117. The Bertz CT molecular complexity index is 1280. The van der Waals surface area contributed by atoms with Crippen LogP contribution in [0.3, 0.4) is 0 Å². The molecule has 2 heterocycles. The minimum absolute atomic E-state index is 0.0821. The molecule has 13 heteroatoms. The SMILES string of the molecule is CC(Oc1cc2sc(NC(=O)CN3CCN(C(=O)O)CC3)nc2cc1F)c1c(Cl)ccc(F)c1Cl. The highest BCUT2D eigenvalue weighted by Crippen LogP contribution is 2.37. The molecule has 0 aliphatic carbocycles. The lowest BCUT2D eigenvalue weighted by Gasteiger charge is -2.32. The Balaban J connectivity index is 1.43. The number of benzene rings is 2. The smallest absolute Gasteiger partial charge is 0.407 e. The van der Waals surface area contributed by atoms with Gasteiger partial charge in [-0.05, 0) is 19.1 Å². The van der Waals surface area contributed by atoms with Gasteiger partial charge in [-0.15, -0.1) is 0 Å². The van der Waals surface area contributed by atoms with Crippen LogP contribution in [0.1, 0.15) is 18.6 Å². The van der Waals surface area contributed by atoms with Crippen molar-refractivity contribution in [1.29, 1.82) is 0 Å². The zero-order valence-corrected chi connectivity index (χ0v) is 20.7. The third-order valence-electron chi connectivity index (χ3n) is 5.49. The number of carbonyl (C=O) groups is 2. The number of piperazine rings is 1. The van der Waals surface area contributed by atoms with Gasteiger partial charge in [-0.2, -0.15) is 0 Å². The maximum atomic E-state index is 14.7. The van der Waals surface area contributed by atoms with Gasteiger partial charge in [0.25, 0.3) is 0 Å². The molecule has 1 aromatic heterocycles. The van der Waals surface area contributed by atoms with Gasteiger partial charge in [-0.1, -0.05) is 34.5 Å². The molecule has 1 unspecified atom stereocenters. The number of carbonyl (C=O) groups excluding carboxylic acids is 1. The molecule has 35 heavy (non-hydrogen) atoms. The van der Waals surface area contributed by atoms with E-state index in [0.29, 0.717) is 36.4 Å². The van der Waals surface area contributed by atoms with E-state index in [9.17, 15) is 18.4 Å². The lowest BCUT2D eigenvalue weighted by Crippen LogP contribution is -2.50. The van der Waals surface area contributed by atoms with Crippen LogP contribution in [0.4, 0.5) is 18.7 Å². The zero-order chi connectivity index (χ0) is 25.3. The molecular weight excluding hydrogens is 525 g/mol. The summed E-state index contributed by atoms with van der Waals surface area (Å²) in [6.45, 7) is 3.21. The van der Waals surface area contributed by atoms with E-state index in [1.54, 1.807) is 6.92 Å². The minimum atomic E-state index is -0.976. The van der Waals surface area contributed by atoms with E-state index in [2.05, 4.69) is 10.3 Å². The Morgan fingerprint density at radius 1 is 1.20 bits per heavy atom. The molecule has 3 aromatic rings. The Morgan fingerprint density at radius 2 is 1.91 bits per heavy atom. The molecule has 4 rings (SSSR count). The quantitative estimate of drug-likeness (QED) is 0.411. The topological polar surface area (TPSA) is 95.0 Å². The van der Waals surface area contributed by atoms with Gasteiger partial charge in [0.1, 0.15) is 11.9 Å². The summed E-state index contributed by atoms with van der Waals surface area (Å²) in [5.74, 6) is -1.76. The first-order valence-electron chi connectivity index (χ1n) is 10.5. The first-order chi connectivity index (χ1) is 16.6. The van der Waals surface area contributed by atoms with Crippen molar-refractivity contribution in [3.63, 3.8) is 0 Å². The van der Waals surface area contributed by atoms with E-state index in [0.717, 1.165) is 17.4 Å². The van der Waals surface area contributed by atoms with Crippen LogP contribution >= 0.6 is 34.5 Å². The maximum absolute atomic E-state index is 14.7. The van der Waals surface area contributed by atoms with Crippen LogP contribution < -0.4 is 10.1 Å². The third kappa shape index (κ3) is 5.75. The Labute approximate surface area is 213 Å². The van der Waals surface area contributed by atoms with Gasteiger partial charge >= 0.3 is 6.09 Å². The highest BCUT2D eigenvalue weighted by molar-refractivity contribution is 7.22. The molecule has 1 atom stereocenters. The summed E-state index contributed by atoms with van der Waals surface area (Å²) in [5.41, 5.74) is 0.536. The predicted molar refractivity (Wildman–Crippen MR) is 130 cm³/mol. The number of halogens is 4. The largest absolute Gasteiger partial charge is 0.483 e.